The molecule has 2 saturated carbocycles. The van der Waals surface area contributed by atoms with Crippen molar-refractivity contribution in [2.75, 3.05) is 25.0 Å². The molecule has 138 valence electrons. The Morgan fingerprint density at radius 2 is 2.04 bits per heavy atom. The molecule has 1 spiro atoms. The number of rotatable bonds is 5. The molecule has 25 heavy (non-hydrogen) atoms. The molecule has 5 nitrogen and oxygen atoms in total. The second-order valence-corrected chi connectivity index (χ2v) is 7.31. The Hall–Kier alpha value is -1.41. The van der Waals surface area contributed by atoms with Crippen molar-refractivity contribution in [1.29, 1.82) is 0 Å². The van der Waals surface area contributed by atoms with Crippen LogP contribution in [0.5, 0.6) is 0 Å². The van der Waals surface area contributed by atoms with E-state index in [2.05, 4.69) is 20.6 Å². The van der Waals surface area contributed by atoms with Gasteiger partial charge >= 0.3 is 6.18 Å². The van der Waals surface area contributed by atoms with E-state index in [-0.39, 0.29) is 11.4 Å². The minimum Gasteiger partial charge on any atom is -0.377 e. The molecule has 1 aliphatic heterocycles. The standard InChI is InChI=1S/C17H23F3N4O/c18-17(19,20)12-3-7-22-15(24-12)23-9-8-21-13-11-4-10-25-14(11)16(13)5-1-2-6-16/h3,7,11,13-14,21H,1-2,4-6,8-10H2,(H,22,23,24)/t11-,13+,14+/m0/s1. The van der Waals surface area contributed by atoms with Crippen LogP contribution >= 0.6 is 0 Å². The number of alkyl halides is 3. The lowest BCUT2D eigenvalue weighted by Gasteiger charge is -2.57. The van der Waals surface area contributed by atoms with Gasteiger partial charge in [-0.2, -0.15) is 13.2 Å². The second-order valence-electron chi connectivity index (χ2n) is 7.31. The van der Waals surface area contributed by atoms with Crippen molar-refractivity contribution in [2.45, 2.75) is 50.4 Å². The fraction of sp³-hybridized carbons (Fsp3) is 0.765. The van der Waals surface area contributed by atoms with Gasteiger partial charge in [-0.15, -0.1) is 0 Å². The number of hydrogen-bond acceptors (Lipinski definition) is 5. The fourth-order valence-electron chi connectivity index (χ4n) is 5.01. The van der Waals surface area contributed by atoms with Gasteiger partial charge in [0.25, 0.3) is 0 Å². The third-order valence-corrected chi connectivity index (χ3v) is 6.00. The fourth-order valence-corrected chi connectivity index (χ4v) is 5.01. The van der Waals surface area contributed by atoms with Gasteiger partial charge in [-0.3, -0.25) is 0 Å². The van der Waals surface area contributed by atoms with Gasteiger partial charge in [0.2, 0.25) is 5.95 Å². The Balaban J connectivity index is 1.30. The van der Waals surface area contributed by atoms with Crippen LogP contribution in [0.25, 0.3) is 0 Å². The molecule has 4 rings (SSSR count). The van der Waals surface area contributed by atoms with Gasteiger partial charge in [0.05, 0.1) is 6.10 Å². The molecule has 1 saturated heterocycles. The quantitative estimate of drug-likeness (QED) is 0.795. The van der Waals surface area contributed by atoms with Crippen LogP contribution in [0.3, 0.4) is 0 Å². The number of anilines is 1. The molecular formula is C17H23F3N4O. The lowest BCUT2D eigenvalue weighted by atomic mass is 9.54. The summed E-state index contributed by atoms with van der Waals surface area (Å²) in [6.07, 6.45) is 3.16. The number of hydrogen-bond donors (Lipinski definition) is 2. The zero-order valence-electron chi connectivity index (χ0n) is 14.0. The summed E-state index contributed by atoms with van der Waals surface area (Å²) < 4.78 is 44.0. The van der Waals surface area contributed by atoms with E-state index in [9.17, 15) is 13.2 Å². The molecule has 0 amide bonds. The van der Waals surface area contributed by atoms with Crippen LogP contribution in [0.1, 0.15) is 37.8 Å². The Kier molecular flexibility index (Phi) is 4.35. The number of nitrogens with one attached hydrogen (secondary N) is 2. The van der Waals surface area contributed by atoms with E-state index < -0.39 is 11.9 Å². The van der Waals surface area contributed by atoms with Gasteiger partial charge in [-0.25, -0.2) is 9.97 Å². The monoisotopic (exact) mass is 356 g/mol. The molecular weight excluding hydrogens is 333 g/mol. The lowest BCUT2D eigenvalue weighted by Crippen LogP contribution is -2.67. The van der Waals surface area contributed by atoms with Crippen LogP contribution in [0, 0.1) is 11.3 Å². The molecule has 3 fully saturated rings. The van der Waals surface area contributed by atoms with Gasteiger partial charge in [0.15, 0.2) is 0 Å². The molecule has 2 aliphatic carbocycles. The van der Waals surface area contributed by atoms with Crippen molar-refractivity contribution in [2.24, 2.45) is 11.3 Å². The normalized spacial score (nSPS) is 30.3. The zero-order valence-corrected chi connectivity index (χ0v) is 14.0. The van der Waals surface area contributed by atoms with Crippen LogP contribution < -0.4 is 10.6 Å². The molecule has 1 aromatic heterocycles. The number of ether oxygens (including phenoxy) is 1. The largest absolute Gasteiger partial charge is 0.433 e. The SMILES string of the molecule is FC(F)(F)c1ccnc(NCCN[C@@H]2[C@@H]3CCO[C@H]3C23CCCC3)n1. The highest BCUT2D eigenvalue weighted by molar-refractivity contribution is 5.26. The molecule has 0 radical (unpaired) electrons. The Bertz CT molecular complexity index is 618. The average Bonchev–Trinajstić information content (AvgIpc) is 3.22. The van der Waals surface area contributed by atoms with Gasteiger partial charge < -0.3 is 15.4 Å². The topological polar surface area (TPSA) is 59.1 Å². The predicted molar refractivity (Wildman–Crippen MR) is 86.1 cm³/mol. The first-order valence-electron chi connectivity index (χ1n) is 9.00. The minimum atomic E-state index is -4.45. The van der Waals surface area contributed by atoms with E-state index in [1.165, 1.54) is 25.7 Å². The third-order valence-electron chi connectivity index (χ3n) is 6.00. The second kappa shape index (κ2) is 6.39. The van der Waals surface area contributed by atoms with Crippen molar-refractivity contribution in [3.63, 3.8) is 0 Å². The van der Waals surface area contributed by atoms with E-state index in [1.807, 2.05) is 0 Å². The highest BCUT2D eigenvalue weighted by Gasteiger charge is 2.64. The van der Waals surface area contributed by atoms with Crippen LogP contribution in [-0.4, -0.2) is 41.8 Å². The number of nitrogens with zero attached hydrogens (tertiary/aromatic N) is 2. The Labute approximate surface area is 144 Å². The molecule has 2 heterocycles. The van der Waals surface area contributed by atoms with E-state index in [1.54, 1.807) is 0 Å². The van der Waals surface area contributed by atoms with E-state index in [0.29, 0.717) is 31.2 Å². The Morgan fingerprint density at radius 3 is 2.80 bits per heavy atom. The summed E-state index contributed by atoms with van der Waals surface area (Å²) in [7, 11) is 0. The maximum absolute atomic E-state index is 12.7. The van der Waals surface area contributed by atoms with Crippen LogP contribution in [0.2, 0.25) is 0 Å². The molecule has 0 unspecified atom stereocenters. The summed E-state index contributed by atoms with van der Waals surface area (Å²) in [6, 6.07) is 1.34. The van der Waals surface area contributed by atoms with Gasteiger partial charge in [-0.1, -0.05) is 12.8 Å². The summed E-state index contributed by atoms with van der Waals surface area (Å²) in [6.45, 7) is 2.02. The molecule has 2 N–H and O–H groups in total. The Morgan fingerprint density at radius 1 is 1.24 bits per heavy atom. The molecule has 0 bridgehead atoms. The first-order chi connectivity index (χ1) is 12.0. The summed E-state index contributed by atoms with van der Waals surface area (Å²) in [5.41, 5.74) is -0.638. The summed E-state index contributed by atoms with van der Waals surface area (Å²) in [4.78, 5) is 7.38. The van der Waals surface area contributed by atoms with Crippen molar-refractivity contribution < 1.29 is 17.9 Å². The number of halogens is 3. The minimum absolute atomic E-state index is 0.0166. The van der Waals surface area contributed by atoms with Crippen molar-refractivity contribution in [3.05, 3.63) is 18.0 Å². The molecule has 3 atom stereocenters. The third kappa shape index (κ3) is 2.99. The first-order valence-corrected chi connectivity index (χ1v) is 9.00. The lowest BCUT2D eigenvalue weighted by molar-refractivity contribution is -0.141. The zero-order chi connectivity index (χ0) is 17.5. The molecule has 1 aromatic rings. The maximum Gasteiger partial charge on any atom is 0.433 e. The number of fused-ring (bicyclic) bond motifs is 2. The first kappa shape index (κ1) is 17.0. The molecule has 3 aliphatic rings. The van der Waals surface area contributed by atoms with Gasteiger partial charge in [0.1, 0.15) is 5.69 Å². The van der Waals surface area contributed by atoms with Crippen LogP contribution in [0.15, 0.2) is 12.3 Å². The van der Waals surface area contributed by atoms with E-state index >= 15 is 0 Å². The summed E-state index contributed by atoms with van der Waals surface area (Å²) in [5, 5.41) is 6.50. The summed E-state index contributed by atoms with van der Waals surface area (Å²) in [5.74, 6) is 0.603. The van der Waals surface area contributed by atoms with Gasteiger partial charge in [-0.05, 0) is 25.3 Å². The van der Waals surface area contributed by atoms with Crippen LogP contribution in [-0.2, 0) is 10.9 Å². The maximum atomic E-state index is 12.7. The highest BCUT2D eigenvalue weighted by atomic mass is 19.4. The van der Waals surface area contributed by atoms with Crippen molar-refractivity contribution in [3.8, 4) is 0 Å². The van der Waals surface area contributed by atoms with Crippen molar-refractivity contribution in [1.82, 2.24) is 15.3 Å². The van der Waals surface area contributed by atoms with E-state index in [4.69, 9.17) is 4.74 Å². The molecule has 0 aromatic carbocycles. The predicted octanol–water partition coefficient (Wildman–Crippen LogP) is 2.84. The highest BCUT2D eigenvalue weighted by Crippen LogP contribution is 2.60. The summed E-state index contributed by atoms with van der Waals surface area (Å²) >= 11 is 0. The van der Waals surface area contributed by atoms with E-state index in [0.717, 1.165) is 25.3 Å². The van der Waals surface area contributed by atoms with Crippen molar-refractivity contribution >= 4 is 5.95 Å². The van der Waals surface area contributed by atoms with Crippen LogP contribution in [0.4, 0.5) is 19.1 Å². The number of aromatic nitrogens is 2. The average molecular weight is 356 g/mol. The smallest absolute Gasteiger partial charge is 0.377 e. The van der Waals surface area contributed by atoms with Gasteiger partial charge in [0, 0.05) is 43.3 Å². The molecule has 8 heteroatoms.